The smallest absolute Gasteiger partial charge is 0.316 e. The fourth-order valence-corrected chi connectivity index (χ4v) is 2.42. The Balaban J connectivity index is 2.05. The van der Waals surface area contributed by atoms with Crippen LogP contribution in [-0.2, 0) is 6.54 Å². The Bertz CT molecular complexity index is 879. The number of aromatic amines is 1. The van der Waals surface area contributed by atoms with Crippen LogP contribution in [0.3, 0.4) is 0 Å². The molecule has 0 saturated carbocycles. The first-order valence-corrected chi connectivity index (χ1v) is 7.12. The highest BCUT2D eigenvalue weighted by molar-refractivity contribution is 5.85. The third-order valence-electron chi connectivity index (χ3n) is 3.67. The summed E-state index contributed by atoms with van der Waals surface area (Å²) < 4.78 is 6.88. The molecule has 1 aromatic carbocycles. The first-order valence-electron chi connectivity index (χ1n) is 7.12. The molecule has 0 aliphatic rings. The van der Waals surface area contributed by atoms with E-state index in [2.05, 4.69) is 21.4 Å². The van der Waals surface area contributed by atoms with Crippen molar-refractivity contribution >= 4 is 22.5 Å². The largest absolute Gasteiger partial charge is 0.490 e. The number of benzene rings is 1. The van der Waals surface area contributed by atoms with Crippen LogP contribution in [0.2, 0.25) is 0 Å². The lowest BCUT2D eigenvalue weighted by Gasteiger charge is -2.15. The van der Waals surface area contributed by atoms with Crippen LogP contribution in [0.4, 0.5) is 11.6 Å². The Morgan fingerprint density at radius 3 is 2.95 bits per heavy atom. The molecule has 6 nitrogen and oxygen atoms in total. The number of ether oxygens (including phenoxy) is 1. The molecule has 0 radical (unpaired) electrons. The van der Waals surface area contributed by atoms with Crippen molar-refractivity contribution in [3.05, 3.63) is 46.5 Å². The molecule has 0 aliphatic carbocycles. The minimum absolute atomic E-state index is 0.240. The number of hydrogen-bond donors (Lipinski definition) is 2. The Hall–Kier alpha value is -2.76. The van der Waals surface area contributed by atoms with Gasteiger partial charge in [0.1, 0.15) is 0 Å². The fourth-order valence-electron chi connectivity index (χ4n) is 2.42. The number of methoxy groups -OCH3 is 1. The van der Waals surface area contributed by atoms with Gasteiger partial charge in [-0.25, -0.2) is 0 Å². The number of hydrogen-bond acceptors (Lipinski definition) is 4. The molecule has 0 fully saturated rings. The number of nitrogens with one attached hydrogen (secondary N) is 2. The van der Waals surface area contributed by atoms with Gasteiger partial charge in [-0.2, -0.15) is 4.98 Å². The fraction of sp³-hybridized carbons (Fsp3) is 0.250. The summed E-state index contributed by atoms with van der Waals surface area (Å²) in [4.78, 5) is 19.2. The summed E-state index contributed by atoms with van der Waals surface area (Å²) in [5.41, 5.74) is 2.65. The quantitative estimate of drug-likeness (QED) is 0.777. The maximum Gasteiger partial charge on any atom is 0.316 e. The predicted octanol–water partition coefficient (Wildman–Crippen LogP) is 2.81. The third kappa shape index (κ3) is 2.43. The SMILES string of the molecule is CCn1cc(OC)c(=O)nc1Nc1cc2[nH]ccc2cc1C. The molecule has 0 unspecified atom stereocenters. The first-order chi connectivity index (χ1) is 10.6. The van der Waals surface area contributed by atoms with Crippen LogP contribution in [0.15, 0.2) is 35.4 Å². The van der Waals surface area contributed by atoms with Crippen LogP contribution in [0.25, 0.3) is 10.9 Å². The van der Waals surface area contributed by atoms with Crippen molar-refractivity contribution in [2.24, 2.45) is 0 Å². The summed E-state index contributed by atoms with van der Waals surface area (Å²) in [6.07, 6.45) is 3.57. The molecule has 3 rings (SSSR count). The minimum Gasteiger partial charge on any atom is -0.490 e. The molecule has 0 spiro atoms. The first kappa shape index (κ1) is 14.2. The highest BCUT2D eigenvalue weighted by Crippen LogP contribution is 2.25. The van der Waals surface area contributed by atoms with E-state index >= 15 is 0 Å². The van der Waals surface area contributed by atoms with Crippen molar-refractivity contribution in [3.63, 3.8) is 0 Å². The summed E-state index contributed by atoms with van der Waals surface area (Å²) >= 11 is 0. The van der Waals surface area contributed by atoms with E-state index in [9.17, 15) is 4.79 Å². The molecule has 2 N–H and O–H groups in total. The van der Waals surface area contributed by atoms with Crippen molar-refractivity contribution in [1.29, 1.82) is 0 Å². The number of aromatic nitrogens is 3. The van der Waals surface area contributed by atoms with Gasteiger partial charge >= 0.3 is 5.56 Å². The third-order valence-corrected chi connectivity index (χ3v) is 3.67. The number of rotatable bonds is 4. The molecule has 114 valence electrons. The molecule has 0 amide bonds. The van der Waals surface area contributed by atoms with Gasteiger partial charge in [0, 0.05) is 23.9 Å². The van der Waals surface area contributed by atoms with E-state index in [0.717, 1.165) is 22.2 Å². The van der Waals surface area contributed by atoms with Crippen LogP contribution in [-0.4, -0.2) is 21.6 Å². The Morgan fingerprint density at radius 2 is 2.23 bits per heavy atom. The van der Waals surface area contributed by atoms with Gasteiger partial charge < -0.3 is 19.6 Å². The zero-order valence-electron chi connectivity index (χ0n) is 12.8. The zero-order valence-corrected chi connectivity index (χ0v) is 12.8. The molecular weight excluding hydrogens is 280 g/mol. The zero-order chi connectivity index (χ0) is 15.7. The van der Waals surface area contributed by atoms with Gasteiger partial charge in [-0.1, -0.05) is 0 Å². The molecule has 2 heterocycles. The lowest BCUT2D eigenvalue weighted by atomic mass is 10.1. The number of fused-ring (bicyclic) bond motifs is 1. The molecule has 0 saturated heterocycles. The topological polar surface area (TPSA) is 71.9 Å². The van der Waals surface area contributed by atoms with Gasteiger partial charge in [0.2, 0.25) is 11.7 Å². The average Bonchev–Trinajstić information content (AvgIpc) is 2.95. The van der Waals surface area contributed by atoms with Crippen molar-refractivity contribution in [1.82, 2.24) is 14.5 Å². The van der Waals surface area contributed by atoms with E-state index in [1.165, 1.54) is 7.11 Å². The predicted molar refractivity (Wildman–Crippen MR) is 87.0 cm³/mol. The number of anilines is 2. The van der Waals surface area contributed by atoms with E-state index in [1.807, 2.05) is 36.7 Å². The van der Waals surface area contributed by atoms with E-state index in [4.69, 9.17) is 4.74 Å². The summed E-state index contributed by atoms with van der Waals surface area (Å²) in [5.74, 6) is 0.742. The summed E-state index contributed by atoms with van der Waals surface area (Å²) in [7, 11) is 1.47. The lowest BCUT2D eigenvalue weighted by molar-refractivity contribution is 0.402. The van der Waals surface area contributed by atoms with Crippen molar-refractivity contribution < 1.29 is 4.74 Å². The Morgan fingerprint density at radius 1 is 1.41 bits per heavy atom. The molecule has 0 aliphatic heterocycles. The van der Waals surface area contributed by atoms with Crippen LogP contribution in [0.1, 0.15) is 12.5 Å². The molecule has 2 aromatic heterocycles. The van der Waals surface area contributed by atoms with E-state index in [0.29, 0.717) is 12.5 Å². The standard InChI is InChI=1S/C16H18N4O2/c1-4-20-9-14(22-3)15(21)19-16(20)18-12-8-13-11(5-6-17-13)7-10(12)2/h5-9,17H,4H2,1-3H3,(H,18,19,21). The second kappa shape index (κ2) is 5.55. The molecule has 0 atom stereocenters. The van der Waals surface area contributed by atoms with Crippen molar-refractivity contribution in [2.75, 3.05) is 12.4 Å². The van der Waals surface area contributed by atoms with Crippen LogP contribution >= 0.6 is 0 Å². The van der Waals surface area contributed by atoms with Gasteiger partial charge in [-0.3, -0.25) is 4.79 Å². The maximum atomic E-state index is 11.9. The molecule has 0 bridgehead atoms. The van der Waals surface area contributed by atoms with Gasteiger partial charge in [0.05, 0.1) is 13.3 Å². The second-order valence-corrected chi connectivity index (χ2v) is 5.08. The van der Waals surface area contributed by atoms with Gasteiger partial charge in [-0.15, -0.1) is 0 Å². The number of H-pyrrole nitrogens is 1. The van der Waals surface area contributed by atoms with Crippen LogP contribution < -0.4 is 15.6 Å². The van der Waals surface area contributed by atoms with Crippen LogP contribution in [0.5, 0.6) is 5.75 Å². The van der Waals surface area contributed by atoms with Gasteiger partial charge in [0.15, 0.2) is 0 Å². The molecule has 3 aromatic rings. The highest BCUT2D eigenvalue weighted by atomic mass is 16.5. The summed E-state index contributed by atoms with van der Waals surface area (Å²) in [6.45, 7) is 4.68. The summed E-state index contributed by atoms with van der Waals surface area (Å²) in [5, 5.41) is 4.39. The number of aryl methyl sites for hydroxylation is 2. The monoisotopic (exact) mass is 298 g/mol. The average molecular weight is 298 g/mol. The van der Waals surface area contributed by atoms with Gasteiger partial charge in [-0.05, 0) is 43.0 Å². The van der Waals surface area contributed by atoms with E-state index < -0.39 is 0 Å². The maximum absolute atomic E-state index is 11.9. The Labute approximate surface area is 127 Å². The highest BCUT2D eigenvalue weighted by Gasteiger charge is 2.10. The molecular formula is C16H18N4O2. The van der Waals surface area contributed by atoms with Crippen molar-refractivity contribution in [2.45, 2.75) is 20.4 Å². The summed E-state index contributed by atoms with van der Waals surface area (Å²) in [6, 6.07) is 6.13. The molecule has 6 heteroatoms. The van der Waals surface area contributed by atoms with E-state index in [1.54, 1.807) is 6.20 Å². The minimum atomic E-state index is -0.381. The Kier molecular flexibility index (Phi) is 3.58. The van der Waals surface area contributed by atoms with Gasteiger partial charge in [0.25, 0.3) is 0 Å². The van der Waals surface area contributed by atoms with Crippen molar-refractivity contribution in [3.8, 4) is 5.75 Å². The normalized spacial score (nSPS) is 10.9. The molecule has 22 heavy (non-hydrogen) atoms. The number of nitrogens with zero attached hydrogens (tertiary/aromatic N) is 2. The second-order valence-electron chi connectivity index (χ2n) is 5.08. The van der Waals surface area contributed by atoms with E-state index in [-0.39, 0.29) is 11.3 Å². The lowest BCUT2D eigenvalue weighted by Crippen LogP contribution is -2.18. The van der Waals surface area contributed by atoms with Crippen LogP contribution in [0, 0.1) is 6.92 Å².